The zero-order valence-corrected chi connectivity index (χ0v) is 14.8. The molecule has 0 aliphatic carbocycles. The van der Waals surface area contributed by atoms with Crippen molar-refractivity contribution in [3.63, 3.8) is 0 Å². The molecule has 0 unspecified atom stereocenters. The van der Waals surface area contributed by atoms with E-state index in [-0.39, 0.29) is 22.8 Å². The minimum atomic E-state index is -0.530. The van der Waals surface area contributed by atoms with Gasteiger partial charge in [-0.15, -0.1) is 0 Å². The summed E-state index contributed by atoms with van der Waals surface area (Å²) in [7, 11) is 0. The molecule has 0 saturated carbocycles. The number of nitrogens with one attached hydrogen (secondary N) is 1. The lowest BCUT2D eigenvalue weighted by Gasteiger charge is -2.31. The van der Waals surface area contributed by atoms with Gasteiger partial charge >= 0.3 is 0 Å². The van der Waals surface area contributed by atoms with Gasteiger partial charge in [0.25, 0.3) is 5.91 Å². The van der Waals surface area contributed by atoms with E-state index in [2.05, 4.69) is 5.32 Å². The Morgan fingerprint density at radius 1 is 1.15 bits per heavy atom. The highest BCUT2D eigenvalue weighted by atomic mass is 35.5. The van der Waals surface area contributed by atoms with Crippen LogP contribution in [0, 0.1) is 11.7 Å². The summed E-state index contributed by atoms with van der Waals surface area (Å²) in [6, 6.07) is 10.9. The molecule has 0 radical (unpaired) electrons. The predicted octanol–water partition coefficient (Wildman–Crippen LogP) is 3.55. The highest BCUT2D eigenvalue weighted by Gasteiger charge is 2.28. The lowest BCUT2D eigenvalue weighted by molar-refractivity contribution is -0.121. The first kappa shape index (κ1) is 18.2. The highest BCUT2D eigenvalue weighted by Crippen LogP contribution is 2.23. The molecule has 0 atom stereocenters. The number of likely N-dealkylation sites (tertiary alicyclic amines) is 1. The second-order valence-corrected chi connectivity index (χ2v) is 6.72. The van der Waals surface area contributed by atoms with Crippen molar-refractivity contribution in [1.82, 2.24) is 4.90 Å². The van der Waals surface area contributed by atoms with Crippen LogP contribution in [0.15, 0.2) is 42.5 Å². The van der Waals surface area contributed by atoms with E-state index >= 15 is 0 Å². The van der Waals surface area contributed by atoms with Gasteiger partial charge in [0.15, 0.2) is 0 Å². The monoisotopic (exact) mass is 375 g/mol. The van der Waals surface area contributed by atoms with Crippen LogP contribution in [0.3, 0.4) is 0 Å². The fraction of sp³-hybridized carbons (Fsp3) is 0.263. The van der Waals surface area contributed by atoms with Gasteiger partial charge in [-0.05, 0) is 49.2 Å². The van der Waals surface area contributed by atoms with Crippen molar-refractivity contribution in [2.24, 2.45) is 5.92 Å². The van der Waals surface area contributed by atoms with Crippen LogP contribution in [0.2, 0.25) is 5.02 Å². The van der Waals surface area contributed by atoms with Crippen LogP contribution in [0.1, 0.15) is 23.2 Å². The van der Waals surface area contributed by atoms with Gasteiger partial charge in [0.2, 0.25) is 5.91 Å². The van der Waals surface area contributed by atoms with Crippen LogP contribution >= 0.6 is 11.6 Å². The van der Waals surface area contributed by atoms with E-state index in [9.17, 15) is 14.0 Å². The van der Waals surface area contributed by atoms with E-state index in [0.29, 0.717) is 42.9 Å². The number of rotatable bonds is 3. The number of anilines is 2. The van der Waals surface area contributed by atoms with E-state index in [1.54, 1.807) is 29.2 Å². The topological polar surface area (TPSA) is 75.4 Å². The quantitative estimate of drug-likeness (QED) is 0.805. The summed E-state index contributed by atoms with van der Waals surface area (Å²) in [5, 5.41) is 2.72. The number of nitrogen functional groups attached to an aromatic ring is 1. The number of nitrogens with zero attached hydrogens (tertiary/aromatic N) is 1. The van der Waals surface area contributed by atoms with Crippen molar-refractivity contribution in [1.29, 1.82) is 0 Å². The lowest BCUT2D eigenvalue weighted by atomic mass is 9.95. The molecule has 0 bridgehead atoms. The van der Waals surface area contributed by atoms with Crippen LogP contribution in [-0.4, -0.2) is 29.8 Å². The number of amides is 2. The van der Waals surface area contributed by atoms with Gasteiger partial charge in [-0.3, -0.25) is 9.59 Å². The molecule has 2 aromatic carbocycles. The van der Waals surface area contributed by atoms with Crippen LogP contribution < -0.4 is 11.1 Å². The second kappa shape index (κ2) is 7.74. The third-order valence-electron chi connectivity index (χ3n) is 4.47. The largest absolute Gasteiger partial charge is 0.399 e. The molecule has 7 heteroatoms. The van der Waals surface area contributed by atoms with Crippen molar-refractivity contribution in [3.8, 4) is 0 Å². The first-order valence-electron chi connectivity index (χ1n) is 8.35. The summed E-state index contributed by atoms with van der Waals surface area (Å²) in [6.45, 7) is 0.992. The number of benzene rings is 2. The standard InChI is InChI=1S/C19H19ClFN3O2/c20-16-11-15(4-5-17(16)21)23-18(25)12-6-8-24(9-7-12)19(26)13-2-1-3-14(22)10-13/h1-5,10-12H,6-9,22H2,(H,23,25). The Labute approximate surface area is 155 Å². The molecule has 1 saturated heterocycles. The molecule has 26 heavy (non-hydrogen) atoms. The van der Waals surface area contributed by atoms with E-state index in [1.807, 2.05) is 0 Å². The zero-order chi connectivity index (χ0) is 18.7. The first-order valence-corrected chi connectivity index (χ1v) is 8.72. The van der Waals surface area contributed by atoms with Gasteiger partial charge in [-0.1, -0.05) is 17.7 Å². The highest BCUT2D eigenvalue weighted by molar-refractivity contribution is 6.31. The number of carbonyl (C=O) groups excluding carboxylic acids is 2. The fourth-order valence-electron chi connectivity index (χ4n) is 3.02. The maximum absolute atomic E-state index is 13.2. The molecule has 1 fully saturated rings. The molecule has 3 rings (SSSR count). The zero-order valence-electron chi connectivity index (χ0n) is 14.0. The van der Waals surface area contributed by atoms with Crippen LogP contribution in [0.25, 0.3) is 0 Å². The molecular formula is C19H19ClFN3O2. The van der Waals surface area contributed by atoms with Gasteiger partial charge < -0.3 is 16.0 Å². The lowest BCUT2D eigenvalue weighted by Crippen LogP contribution is -2.41. The molecule has 0 spiro atoms. The molecule has 1 heterocycles. The minimum absolute atomic E-state index is 0.0367. The Bertz CT molecular complexity index is 835. The van der Waals surface area contributed by atoms with E-state index in [4.69, 9.17) is 17.3 Å². The van der Waals surface area contributed by atoms with E-state index < -0.39 is 5.82 Å². The van der Waals surface area contributed by atoms with Crippen LogP contribution in [0.5, 0.6) is 0 Å². The molecule has 5 nitrogen and oxygen atoms in total. The number of carbonyl (C=O) groups is 2. The Hall–Kier alpha value is -2.60. The van der Waals surface area contributed by atoms with Crippen molar-refractivity contribution in [2.45, 2.75) is 12.8 Å². The molecule has 136 valence electrons. The first-order chi connectivity index (χ1) is 12.4. The number of hydrogen-bond donors (Lipinski definition) is 2. The third-order valence-corrected chi connectivity index (χ3v) is 4.76. The van der Waals surface area contributed by atoms with E-state index in [0.717, 1.165) is 0 Å². The van der Waals surface area contributed by atoms with Crippen molar-refractivity contribution in [3.05, 3.63) is 58.9 Å². The molecule has 2 aromatic rings. The van der Waals surface area contributed by atoms with E-state index in [1.165, 1.54) is 18.2 Å². The third kappa shape index (κ3) is 4.14. The van der Waals surface area contributed by atoms with Crippen LogP contribution in [0.4, 0.5) is 15.8 Å². The summed E-state index contributed by atoms with van der Waals surface area (Å²) in [5.74, 6) is -0.966. The maximum Gasteiger partial charge on any atom is 0.253 e. The predicted molar refractivity (Wildman–Crippen MR) is 99.5 cm³/mol. The van der Waals surface area contributed by atoms with Gasteiger partial charge in [-0.25, -0.2) is 4.39 Å². The average molecular weight is 376 g/mol. The number of hydrogen-bond acceptors (Lipinski definition) is 3. The number of halogens is 2. The molecule has 1 aliphatic rings. The summed E-state index contributed by atoms with van der Waals surface area (Å²) < 4.78 is 13.2. The smallest absolute Gasteiger partial charge is 0.253 e. The van der Waals surface area contributed by atoms with Gasteiger partial charge in [0.1, 0.15) is 5.82 Å². The summed E-state index contributed by atoms with van der Waals surface area (Å²) in [4.78, 5) is 26.6. The molecule has 3 N–H and O–H groups in total. The maximum atomic E-state index is 13.2. The van der Waals surface area contributed by atoms with Gasteiger partial charge in [-0.2, -0.15) is 0 Å². The average Bonchev–Trinajstić information content (AvgIpc) is 2.64. The van der Waals surface area contributed by atoms with Crippen molar-refractivity contribution in [2.75, 3.05) is 24.1 Å². The summed E-state index contributed by atoms with van der Waals surface area (Å²) >= 11 is 5.73. The van der Waals surface area contributed by atoms with Gasteiger partial charge in [0.05, 0.1) is 5.02 Å². The van der Waals surface area contributed by atoms with Crippen molar-refractivity contribution >= 4 is 34.8 Å². The minimum Gasteiger partial charge on any atom is -0.399 e. The van der Waals surface area contributed by atoms with Crippen molar-refractivity contribution < 1.29 is 14.0 Å². The molecule has 2 amide bonds. The normalized spacial score (nSPS) is 14.9. The molecule has 1 aliphatic heterocycles. The fourth-order valence-corrected chi connectivity index (χ4v) is 3.20. The summed E-state index contributed by atoms with van der Waals surface area (Å²) in [6.07, 6.45) is 1.13. The Morgan fingerprint density at radius 3 is 2.54 bits per heavy atom. The Balaban J connectivity index is 1.56. The SMILES string of the molecule is Nc1cccc(C(=O)N2CCC(C(=O)Nc3ccc(F)c(Cl)c3)CC2)c1. The van der Waals surface area contributed by atoms with Gasteiger partial charge in [0, 0.05) is 35.9 Å². The molecule has 0 aromatic heterocycles. The van der Waals surface area contributed by atoms with Crippen LogP contribution in [-0.2, 0) is 4.79 Å². The Kier molecular flexibility index (Phi) is 5.42. The Morgan fingerprint density at radius 2 is 1.88 bits per heavy atom. The second-order valence-electron chi connectivity index (χ2n) is 6.31. The number of nitrogens with two attached hydrogens (primary N) is 1. The molecular weight excluding hydrogens is 357 g/mol. The summed E-state index contributed by atoms with van der Waals surface area (Å²) in [5.41, 5.74) is 7.28. The number of piperidine rings is 1.